The van der Waals surface area contributed by atoms with Crippen molar-refractivity contribution < 1.29 is 5.11 Å². The van der Waals surface area contributed by atoms with E-state index in [1.54, 1.807) is 18.5 Å². The van der Waals surface area contributed by atoms with Crippen molar-refractivity contribution in [1.82, 2.24) is 9.97 Å². The molecule has 1 heterocycles. The van der Waals surface area contributed by atoms with Gasteiger partial charge in [-0.25, -0.2) is 9.97 Å². The lowest BCUT2D eigenvalue weighted by Gasteiger charge is -2.20. The summed E-state index contributed by atoms with van der Waals surface area (Å²) < 4.78 is 0. The number of aromatic nitrogens is 2. The molecule has 18 heavy (non-hydrogen) atoms. The topological polar surface area (TPSA) is 46.0 Å². The molecule has 1 N–H and O–H groups in total. The van der Waals surface area contributed by atoms with Gasteiger partial charge in [0.05, 0.1) is 6.61 Å². The summed E-state index contributed by atoms with van der Waals surface area (Å²) >= 11 is 1.52. The zero-order valence-corrected chi connectivity index (χ0v) is 11.0. The molecular formula is C14H16N2OS. The second-order valence-corrected chi connectivity index (χ2v) is 5.28. The van der Waals surface area contributed by atoms with Gasteiger partial charge < -0.3 is 5.11 Å². The van der Waals surface area contributed by atoms with Crippen molar-refractivity contribution in [2.75, 3.05) is 6.61 Å². The quantitative estimate of drug-likeness (QED) is 0.663. The SMILES string of the molecule is CC(c1ccccc1)C(CO)Sc1ncccn1. The van der Waals surface area contributed by atoms with Crippen molar-refractivity contribution in [3.05, 3.63) is 54.4 Å². The zero-order chi connectivity index (χ0) is 12.8. The molecule has 2 aromatic rings. The summed E-state index contributed by atoms with van der Waals surface area (Å²) in [6, 6.07) is 12.0. The van der Waals surface area contributed by atoms with Crippen LogP contribution in [-0.2, 0) is 0 Å². The number of aliphatic hydroxyl groups excluding tert-OH is 1. The van der Waals surface area contributed by atoms with Crippen molar-refractivity contribution in [3.63, 3.8) is 0 Å². The summed E-state index contributed by atoms with van der Waals surface area (Å²) in [6.45, 7) is 2.23. The van der Waals surface area contributed by atoms with Gasteiger partial charge in [-0.1, -0.05) is 49.0 Å². The Hall–Kier alpha value is -1.39. The molecule has 1 aromatic heterocycles. The van der Waals surface area contributed by atoms with Gasteiger partial charge in [0.1, 0.15) is 0 Å². The van der Waals surface area contributed by atoms with Crippen molar-refractivity contribution >= 4 is 11.8 Å². The first-order chi connectivity index (χ1) is 8.81. The van der Waals surface area contributed by atoms with Gasteiger partial charge in [-0.2, -0.15) is 0 Å². The number of hydrogen-bond acceptors (Lipinski definition) is 4. The van der Waals surface area contributed by atoms with Crippen LogP contribution < -0.4 is 0 Å². The normalized spacial score (nSPS) is 14.1. The van der Waals surface area contributed by atoms with E-state index in [1.807, 2.05) is 18.2 Å². The summed E-state index contributed by atoms with van der Waals surface area (Å²) in [5, 5.41) is 10.3. The van der Waals surface area contributed by atoms with Crippen LogP contribution in [0.2, 0.25) is 0 Å². The first-order valence-electron chi connectivity index (χ1n) is 5.90. The maximum atomic E-state index is 9.54. The molecule has 3 nitrogen and oxygen atoms in total. The molecule has 0 saturated heterocycles. The number of benzene rings is 1. The van der Waals surface area contributed by atoms with Gasteiger partial charge >= 0.3 is 0 Å². The minimum Gasteiger partial charge on any atom is -0.395 e. The van der Waals surface area contributed by atoms with E-state index in [4.69, 9.17) is 0 Å². The molecule has 94 valence electrons. The number of rotatable bonds is 5. The zero-order valence-electron chi connectivity index (χ0n) is 10.2. The highest BCUT2D eigenvalue weighted by atomic mass is 32.2. The molecule has 0 radical (unpaired) electrons. The molecule has 2 rings (SSSR count). The molecule has 0 spiro atoms. The highest BCUT2D eigenvalue weighted by molar-refractivity contribution is 7.99. The van der Waals surface area contributed by atoms with E-state index < -0.39 is 0 Å². The lowest BCUT2D eigenvalue weighted by atomic mass is 9.98. The first-order valence-corrected chi connectivity index (χ1v) is 6.78. The molecule has 4 heteroatoms. The fourth-order valence-corrected chi connectivity index (χ4v) is 2.70. The lowest BCUT2D eigenvalue weighted by molar-refractivity contribution is 0.285. The van der Waals surface area contributed by atoms with Gasteiger partial charge in [-0.3, -0.25) is 0 Å². The third kappa shape index (κ3) is 3.31. The summed E-state index contributed by atoms with van der Waals surface area (Å²) in [7, 11) is 0. The van der Waals surface area contributed by atoms with Crippen LogP contribution in [0.4, 0.5) is 0 Å². The van der Waals surface area contributed by atoms with Gasteiger partial charge in [0.2, 0.25) is 0 Å². The van der Waals surface area contributed by atoms with Gasteiger partial charge in [-0.15, -0.1) is 0 Å². The number of aliphatic hydroxyl groups is 1. The summed E-state index contributed by atoms with van der Waals surface area (Å²) in [4.78, 5) is 8.37. The third-order valence-electron chi connectivity index (χ3n) is 2.86. The monoisotopic (exact) mass is 260 g/mol. The third-order valence-corrected chi connectivity index (χ3v) is 4.14. The van der Waals surface area contributed by atoms with Crippen LogP contribution in [0.5, 0.6) is 0 Å². The Kier molecular flexibility index (Phi) is 4.73. The Balaban J connectivity index is 2.09. The van der Waals surface area contributed by atoms with Crippen LogP contribution in [0.1, 0.15) is 18.4 Å². The Morgan fingerprint density at radius 3 is 2.39 bits per heavy atom. The number of nitrogens with zero attached hydrogens (tertiary/aromatic N) is 2. The van der Waals surface area contributed by atoms with Crippen molar-refractivity contribution in [3.8, 4) is 0 Å². The average molecular weight is 260 g/mol. The molecule has 0 aliphatic heterocycles. The van der Waals surface area contributed by atoms with Crippen molar-refractivity contribution in [1.29, 1.82) is 0 Å². The fraction of sp³-hybridized carbons (Fsp3) is 0.286. The highest BCUT2D eigenvalue weighted by Crippen LogP contribution is 2.31. The van der Waals surface area contributed by atoms with Gasteiger partial charge in [0, 0.05) is 17.6 Å². The lowest BCUT2D eigenvalue weighted by Crippen LogP contribution is -2.17. The van der Waals surface area contributed by atoms with E-state index in [0.29, 0.717) is 5.16 Å². The molecule has 0 aliphatic carbocycles. The summed E-state index contributed by atoms with van der Waals surface area (Å²) in [5.74, 6) is 0.255. The van der Waals surface area contributed by atoms with E-state index in [9.17, 15) is 5.11 Å². The number of thioether (sulfide) groups is 1. The Morgan fingerprint density at radius 2 is 1.78 bits per heavy atom. The molecule has 0 aliphatic rings. The van der Waals surface area contributed by atoms with E-state index in [-0.39, 0.29) is 17.8 Å². The predicted octanol–water partition coefficient (Wildman–Crippen LogP) is 2.73. The largest absolute Gasteiger partial charge is 0.395 e. The van der Waals surface area contributed by atoms with E-state index in [0.717, 1.165) is 0 Å². The first kappa shape index (κ1) is 13.1. The second-order valence-electron chi connectivity index (χ2n) is 4.07. The van der Waals surface area contributed by atoms with Crippen molar-refractivity contribution in [2.45, 2.75) is 23.2 Å². The average Bonchev–Trinajstić information content (AvgIpc) is 2.46. The Bertz CT molecular complexity index is 464. The molecule has 0 bridgehead atoms. The van der Waals surface area contributed by atoms with Crippen LogP contribution in [0, 0.1) is 0 Å². The molecule has 2 unspecified atom stereocenters. The molecule has 0 amide bonds. The smallest absolute Gasteiger partial charge is 0.187 e. The highest BCUT2D eigenvalue weighted by Gasteiger charge is 2.20. The van der Waals surface area contributed by atoms with Crippen LogP contribution >= 0.6 is 11.8 Å². The second kappa shape index (κ2) is 6.52. The van der Waals surface area contributed by atoms with Gasteiger partial charge in [0.15, 0.2) is 5.16 Å². The van der Waals surface area contributed by atoms with Crippen molar-refractivity contribution in [2.24, 2.45) is 0 Å². The molecule has 0 fully saturated rings. The van der Waals surface area contributed by atoms with Crippen LogP contribution in [0.15, 0.2) is 53.9 Å². The molecular weight excluding hydrogens is 244 g/mol. The number of hydrogen-bond donors (Lipinski definition) is 1. The maximum absolute atomic E-state index is 9.54. The van der Waals surface area contributed by atoms with Crippen LogP contribution in [0.3, 0.4) is 0 Å². The van der Waals surface area contributed by atoms with E-state index >= 15 is 0 Å². The summed E-state index contributed by atoms with van der Waals surface area (Å²) in [6.07, 6.45) is 3.44. The minimum absolute atomic E-state index is 0.0646. The van der Waals surface area contributed by atoms with Gasteiger partial charge in [0.25, 0.3) is 0 Å². The molecule has 1 aromatic carbocycles. The van der Waals surface area contributed by atoms with Crippen LogP contribution in [0.25, 0.3) is 0 Å². The molecule has 0 saturated carbocycles. The van der Waals surface area contributed by atoms with Crippen LogP contribution in [-0.4, -0.2) is 26.9 Å². The van der Waals surface area contributed by atoms with E-state index in [2.05, 4.69) is 29.0 Å². The maximum Gasteiger partial charge on any atom is 0.187 e. The predicted molar refractivity (Wildman–Crippen MR) is 73.6 cm³/mol. The standard InChI is InChI=1S/C14H16N2OS/c1-11(12-6-3-2-4-7-12)13(10-17)18-14-15-8-5-9-16-14/h2-9,11,13,17H,10H2,1H3. The molecule has 2 atom stereocenters. The van der Waals surface area contributed by atoms with E-state index in [1.165, 1.54) is 17.3 Å². The Morgan fingerprint density at radius 1 is 1.11 bits per heavy atom. The Labute approximate surface area is 111 Å². The fourth-order valence-electron chi connectivity index (χ4n) is 1.75. The minimum atomic E-state index is 0.0646. The van der Waals surface area contributed by atoms with Gasteiger partial charge in [-0.05, 0) is 17.5 Å². The summed E-state index contributed by atoms with van der Waals surface area (Å²) in [5.41, 5.74) is 1.22.